The van der Waals surface area contributed by atoms with Gasteiger partial charge in [-0.1, -0.05) is 25.0 Å². The molecule has 0 aromatic carbocycles. The van der Waals surface area contributed by atoms with Crippen LogP contribution in [0.15, 0.2) is 11.1 Å². The van der Waals surface area contributed by atoms with E-state index in [1.807, 2.05) is 34.6 Å². The van der Waals surface area contributed by atoms with Crippen molar-refractivity contribution >= 4 is 12.1 Å². The summed E-state index contributed by atoms with van der Waals surface area (Å²) in [5.41, 5.74) is 1.53. The number of allylic oxidation sites excluding steroid dienone is 2. The normalized spacial score (nSPS) is 13.1. The summed E-state index contributed by atoms with van der Waals surface area (Å²) in [6, 6.07) is -0.746. The molecule has 0 aliphatic rings. The topological polar surface area (TPSA) is 64.6 Å². The summed E-state index contributed by atoms with van der Waals surface area (Å²) in [5, 5.41) is 2.62. The van der Waals surface area contributed by atoms with Crippen molar-refractivity contribution in [3.63, 3.8) is 0 Å². The molecule has 0 saturated heterocycles. The minimum Gasteiger partial charge on any atom is -0.467 e. The lowest BCUT2D eigenvalue weighted by atomic mass is 9.77. The third-order valence-corrected chi connectivity index (χ3v) is 3.66. The van der Waals surface area contributed by atoms with E-state index in [2.05, 4.69) is 5.32 Å². The van der Waals surface area contributed by atoms with Crippen molar-refractivity contribution in [2.75, 3.05) is 7.11 Å². The lowest BCUT2D eigenvalue weighted by Crippen LogP contribution is -2.46. The van der Waals surface area contributed by atoms with Gasteiger partial charge in [0.15, 0.2) is 0 Å². The molecule has 0 aliphatic carbocycles. The monoisotopic (exact) mass is 313 g/mol. The molecule has 1 atom stereocenters. The summed E-state index contributed by atoms with van der Waals surface area (Å²) in [7, 11) is 1.31. The molecule has 0 bridgehead atoms. The van der Waals surface area contributed by atoms with Crippen LogP contribution in [0, 0.1) is 5.41 Å². The number of ether oxygens (including phenoxy) is 2. The van der Waals surface area contributed by atoms with Crippen LogP contribution in [0.5, 0.6) is 0 Å². The molecule has 1 amide bonds. The van der Waals surface area contributed by atoms with E-state index in [4.69, 9.17) is 9.47 Å². The molecular weight excluding hydrogens is 282 g/mol. The molecule has 0 heterocycles. The van der Waals surface area contributed by atoms with Crippen LogP contribution in [0.3, 0.4) is 0 Å². The van der Waals surface area contributed by atoms with Crippen LogP contribution in [0.4, 0.5) is 4.79 Å². The van der Waals surface area contributed by atoms with Crippen molar-refractivity contribution in [3.8, 4) is 0 Å². The second-order valence-electron chi connectivity index (χ2n) is 7.43. The van der Waals surface area contributed by atoms with E-state index in [1.54, 1.807) is 20.8 Å². The molecule has 0 saturated carbocycles. The zero-order valence-electron chi connectivity index (χ0n) is 15.4. The van der Waals surface area contributed by atoms with Crippen LogP contribution in [0.1, 0.15) is 61.8 Å². The highest BCUT2D eigenvalue weighted by atomic mass is 16.6. The Morgan fingerprint density at radius 3 is 1.91 bits per heavy atom. The molecule has 0 aromatic heterocycles. The van der Waals surface area contributed by atoms with Crippen molar-refractivity contribution in [2.45, 2.75) is 73.5 Å². The summed E-state index contributed by atoms with van der Waals surface area (Å²) in [6.07, 6.45) is -0.177. The van der Waals surface area contributed by atoms with Crippen molar-refractivity contribution < 1.29 is 19.1 Å². The van der Waals surface area contributed by atoms with E-state index < -0.39 is 23.7 Å². The highest BCUT2D eigenvalue weighted by molar-refractivity contribution is 5.81. The number of nitrogens with one attached hydrogen (secondary N) is 1. The number of carbonyl (C=O) groups excluding carboxylic acids is 2. The van der Waals surface area contributed by atoms with Gasteiger partial charge in [-0.05, 0) is 53.4 Å². The van der Waals surface area contributed by atoms with Crippen LogP contribution in [0.2, 0.25) is 0 Å². The Kier molecular flexibility index (Phi) is 7.13. The first-order valence-corrected chi connectivity index (χ1v) is 7.52. The van der Waals surface area contributed by atoms with Crippen molar-refractivity contribution in [3.05, 3.63) is 11.1 Å². The number of hydrogen-bond donors (Lipinski definition) is 1. The lowest BCUT2D eigenvalue weighted by molar-refractivity contribution is -0.143. The van der Waals surface area contributed by atoms with Crippen molar-refractivity contribution in [1.29, 1.82) is 0 Å². The summed E-state index contributed by atoms with van der Waals surface area (Å²) in [5.74, 6) is -0.472. The fraction of sp³-hybridized carbons (Fsp3) is 0.765. The summed E-state index contributed by atoms with van der Waals surface area (Å²) in [4.78, 5) is 23.9. The Labute approximate surface area is 134 Å². The average Bonchev–Trinajstić information content (AvgIpc) is 2.33. The minimum atomic E-state index is -0.746. The number of amides is 1. The van der Waals surface area contributed by atoms with Gasteiger partial charge in [0.25, 0.3) is 0 Å². The van der Waals surface area contributed by atoms with E-state index in [-0.39, 0.29) is 5.41 Å². The lowest BCUT2D eigenvalue weighted by Gasteiger charge is -2.31. The second kappa shape index (κ2) is 7.65. The molecule has 0 aromatic rings. The molecule has 22 heavy (non-hydrogen) atoms. The minimum absolute atomic E-state index is 0.243. The standard InChI is InChI=1S/C17H31NO4/c1-11(2)12(3)17(7,8)10-13(14(19)21-9)18-15(20)22-16(4,5)6/h13H,10H2,1-9H3,(H,18,20)/t13-/m0/s1. The molecule has 128 valence electrons. The molecule has 0 spiro atoms. The molecular formula is C17H31NO4. The Morgan fingerprint density at radius 2 is 1.55 bits per heavy atom. The zero-order chi connectivity index (χ0) is 17.7. The largest absolute Gasteiger partial charge is 0.467 e. The zero-order valence-corrected chi connectivity index (χ0v) is 15.4. The average molecular weight is 313 g/mol. The summed E-state index contributed by atoms with van der Waals surface area (Å²) >= 11 is 0. The maximum absolute atomic E-state index is 12.0. The molecule has 5 nitrogen and oxygen atoms in total. The number of methoxy groups -OCH3 is 1. The first-order valence-electron chi connectivity index (χ1n) is 7.52. The highest BCUT2D eigenvalue weighted by Crippen LogP contribution is 2.33. The highest BCUT2D eigenvalue weighted by Gasteiger charge is 2.32. The quantitative estimate of drug-likeness (QED) is 0.619. The number of rotatable bonds is 5. The van der Waals surface area contributed by atoms with Gasteiger partial charge in [0.1, 0.15) is 11.6 Å². The van der Waals surface area contributed by atoms with Crippen LogP contribution in [0.25, 0.3) is 0 Å². The van der Waals surface area contributed by atoms with Crippen LogP contribution in [-0.2, 0) is 14.3 Å². The van der Waals surface area contributed by atoms with Crippen molar-refractivity contribution in [1.82, 2.24) is 5.32 Å². The maximum Gasteiger partial charge on any atom is 0.408 e. The van der Waals surface area contributed by atoms with E-state index >= 15 is 0 Å². The van der Waals surface area contributed by atoms with E-state index in [9.17, 15) is 9.59 Å². The number of carbonyl (C=O) groups is 2. The van der Waals surface area contributed by atoms with Gasteiger partial charge in [0.05, 0.1) is 7.11 Å². The van der Waals surface area contributed by atoms with E-state index in [0.29, 0.717) is 6.42 Å². The molecule has 0 rings (SSSR count). The number of esters is 1. The third-order valence-electron chi connectivity index (χ3n) is 3.66. The number of alkyl carbamates (subject to hydrolysis) is 1. The number of hydrogen-bond acceptors (Lipinski definition) is 4. The first kappa shape index (κ1) is 20.5. The fourth-order valence-corrected chi connectivity index (χ4v) is 2.13. The smallest absolute Gasteiger partial charge is 0.408 e. The van der Waals surface area contributed by atoms with Gasteiger partial charge < -0.3 is 14.8 Å². The predicted molar refractivity (Wildman–Crippen MR) is 87.6 cm³/mol. The van der Waals surface area contributed by atoms with Gasteiger partial charge in [-0.25, -0.2) is 9.59 Å². The molecule has 1 N–H and O–H groups in total. The van der Waals surface area contributed by atoms with Gasteiger partial charge in [0, 0.05) is 0 Å². The SMILES string of the molecule is COC(=O)[C@H](CC(C)(C)C(C)=C(C)C)NC(=O)OC(C)(C)C. The fourth-order valence-electron chi connectivity index (χ4n) is 2.13. The predicted octanol–water partition coefficient (Wildman–Crippen LogP) is 3.83. The molecule has 5 heteroatoms. The van der Waals surface area contributed by atoms with Crippen LogP contribution < -0.4 is 5.32 Å². The maximum atomic E-state index is 12.0. The van der Waals surface area contributed by atoms with E-state index in [1.165, 1.54) is 18.3 Å². The Balaban J connectivity index is 5.14. The molecule has 0 radical (unpaired) electrons. The van der Waals surface area contributed by atoms with E-state index in [0.717, 1.165) is 0 Å². The van der Waals surface area contributed by atoms with Crippen LogP contribution >= 0.6 is 0 Å². The Morgan fingerprint density at radius 1 is 1.05 bits per heavy atom. The molecule has 0 aliphatic heterocycles. The van der Waals surface area contributed by atoms with Crippen molar-refractivity contribution in [2.24, 2.45) is 5.41 Å². The second-order valence-corrected chi connectivity index (χ2v) is 7.43. The van der Waals surface area contributed by atoms with Gasteiger partial charge in [-0.2, -0.15) is 0 Å². The Bertz CT molecular complexity index is 440. The summed E-state index contributed by atoms with van der Waals surface area (Å²) in [6.45, 7) is 15.5. The van der Waals surface area contributed by atoms with Gasteiger partial charge in [0.2, 0.25) is 0 Å². The molecule has 0 unspecified atom stereocenters. The van der Waals surface area contributed by atoms with Crippen LogP contribution in [-0.4, -0.2) is 30.8 Å². The summed E-state index contributed by atoms with van der Waals surface area (Å²) < 4.78 is 10.0. The third kappa shape index (κ3) is 6.96. The van der Waals surface area contributed by atoms with Gasteiger partial charge in [-0.15, -0.1) is 0 Å². The van der Waals surface area contributed by atoms with Gasteiger partial charge in [-0.3, -0.25) is 0 Å². The Hall–Kier alpha value is -1.52. The first-order chi connectivity index (χ1) is 9.80. The molecule has 0 fully saturated rings. The van der Waals surface area contributed by atoms with Gasteiger partial charge >= 0.3 is 12.1 Å².